The second-order valence-corrected chi connectivity index (χ2v) is 5.64. The average molecular weight is 417 g/mol. The van der Waals surface area contributed by atoms with Gasteiger partial charge in [-0.2, -0.15) is 0 Å². The van der Waals surface area contributed by atoms with Gasteiger partial charge in [-0.05, 0) is 56.1 Å². The van der Waals surface area contributed by atoms with Crippen molar-refractivity contribution in [1.82, 2.24) is 0 Å². The molecule has 2 aromatic carbocycles. The van der Waals surface area contributed by atoms with Gasteiger partial charge in [-0.1, -0.05) is 0 Å². The number of hydrogen-bond donors (Lipinski definition) is 1. The van der Waals surface area contributed by atoms with Gasteiger partial charge in [-0.3, -0.25) is 10.1 Å². The third-order valence-electron chi connectivity index (χ3n) is 2.51. The molecule has 0 aliphatic heterocycles. The topological polar surface area (TPSA) is 89.7 Å². The van der Waals surface area contributed by atoms with E-state index < -0.39 is 10.9 Å². The van der Waals surface area contributed by atoms with E-state index in [0.29, 0.717) is 20.4 Å². The molecular weight excluding hydrogens is 410 g/mol. The normalized spacial score (nSPS) is 10.2. The molecule has 0 fully saturated rings. The molecule has 2 aromatic rings. The Hall–Kier alpha value is -1.93. The first kappa shape index (κ1) is 15.5. The molecule has 21 heavy (non-hydrogen) atoms. The molecule has 0 unspecified atom stereocenters. The van der Waals surface area contributed by atoms with Crippen molar-refractivity contribution in [2.75, 3.05) is 0 Å². The second kappa shape index (κ2) is 6.23. The molecule has 0 aliphatic carbocycles. The van der Waals surface area contributed by atoms with Crippen LogP contribution < -0.4 is 4.74 Å². The predicted octanol–water partition coefficient (Wildman–Crippen LogP) is 4.61. The summed E-state index contributed by atoms with van der Waals surface area (Å²) in [5.41, 5.74) is 0.0616. The van der Waals surface area contributed by atoms with Gasteiger partial charge in [0.05, 0.1) is 19.4 Å². The molecule has 0 aromatic heterocycles. The first-order valence-corrected chi connectivity index (χ1v) is 7.11. The molecule has 0 heterocycles. The van der Waals surface area contributed by atoms with Crippen molar-refractivity contribution in [2.24, 2.45) is 0 Å². The van der Waals surface area contributed by atoms with Gasteiger partial charge < -0.3 is 9.84 Å². The maximum absolute atomic E-state index is 10.9. The highest BCUT2D eigenvalue weighted by Crippen LogP contribution is 2.38. The maximum Gasteiger partial charge on any atom is 0.335 e. The van der Waals surface area contributed by atoms with Crippen LogP contribution in [0.3, 0.4) is 0 Å². The van der Waals surface area contributed by atoms with E-state index in [4.69, 9.17) is 9.84 Å². The molecule has 0 bridgehead atoms. The Labute approximate surface area is 135 Å². The Kier molecular flexibility index (Phi) is 4.59. The summed E-state index contributed by atoms with van der Waals surface area (Å²) in [7, 11) is 0. The Bertz CT molecular complexity index is 692. The van der Waals surface area contributed by atoms with E-state index in [1.54, 1.807) is 0 Å². The first-order valence-electron chi connectivity index (χ1n) is 5.53. The van der Waals surface area contributed by atoms with Crippen molar-refractivity contribution < 1.29 is 19.6 Å². The Morgan fingerprint density at radius 1 is 1.14 bits per heavy atom. The predicted molar refractivity (Wildman–Crippen MR) is 82.0 cm³/mol. The lowest BCUT2D eigenvalue weighted by Gasteiger charge is -2.10. The molecule has 0 saturated carbocycles. The molecule has 0 atom stereocenters. The highest BCUT2D eigenvalue weighted by atomic mass is 79.9. The van der Waals surface area contributed by atoms with E-state index in [0.717, 1.165) is 0 Å². The average Bonchev–Trinajstić information content (AvgIpc) is 2.43. The summed E-state index contributed by atoms with van der Waals surface area (Å²) in [6.45, 7) is 0. The first-order chi connectivity index (χ1) is 9.88. The van der Waals surface area contributed by atoms with E-state index >= 15 is 0 Å². The zero-order chi connectivity index (χ0) is 15.6. The highest BCUT2D eigenvalue weighted by Gasteiger charge is 2.14. The Morgan fingerprint density at radius 3 is 2.10 bits per heavy atom. The van der Waals surface area contributed by atoms with Gasteiger partial charge >= 0.3 is 5.97 Å². The van der Waals surface area contributed by atoms with Crippen LogP contribution in [0.2, 0.25) is 0 Å². The van der Waals surface area contributed by atoms with Crippen molar-refractivity contribution in [3.63, 3.8) is 0 Å². The minimum atomic E-state index is -1.06. The zero-order valence-electron chi connectivity index (χ0n) is 10.2. The number of carbonyl (C=O) groups is 1. The summed E-state index contributed by atoms with van der Waals surface area (Å²) in [4.78, 5) is 21.0. The highest BCUT2D eigenvalue weighted by molar-refractivity contribution is 9.11. The number of benzene rings is 2. The minimum Gasteiger partial charge on any atom is -0.478 e. The fourth-order valence-electron chi connectivity index (χ4n) is 1.53. The number of nitrogens with zero attached hydrogens (tertiary/aromatic N) is 1. The van der Waals surface area contributed by atoms with Crippen molar-refractivity contribution in [3.8, 4) is 11.5 Å². The van der Waals surface area contributed by atoms with Crippen molar-refractivity contribution in [1.29, 1.82) is 0 Å². The van der Waals surface area contributed by atoms with E-state index in [9.17, 15) is 14.9 Å². The van der Waals surface area contributed by atoms with E-state index in [1.807, 2.05) is 0 Å². The number of carboxylic acid groups (broad SMARTS) is 1. The monoisotopic (exact) mass is 415 g/mol. The number of halogens is 2. The van der Waals surface area contributed by atoms with E-state index in [1.165, 1.54) is 36.4 Å². The summed E-state index contributed by atoms with van der Waals surface area (Å²) in [6.07, 6.45) is 0. The molecule has 0 spiro atoms. The van der Waals surface area contributed by atoms with Crippen molar-refractivity contribution in [2.45, 2.75) is 0 Å². The molecule has 108 valence electrons. The van der Waals surface area contributed by atoms with Gasteiger partial charge in [0.25, 0.3) is 5.69 Å². The molecule has 0 radical (unpaired) electrons. The second-order valence-electron chi connectivity index (χ2n) is 3.93. The SMILES string of the molecule is O=C(O)c1cc(Br)c(Oc2ccc([N+](=O)[O-])cc2)c(Br)c1. The molecule has 2 rings (SSSR count). The lowest BCUT2D eigenvalue weighted by atomic mass is 10.2. The molecule has 0 aliphatic rings. The lowest BCUT2D eigenvalue weighted by Crippen LogP contribution is -1.97. The van der Waals surface area contributed by atoms with Crippen LogP contribution in [0.5, 0.6) is 11.5 Å². The van der Waals surface area contributed by atoms with Crippen molar-refractivity contribution in [3.05, 3.63) is 61.0 Å². The van der Waals surface area contributed by atoms with Crippen LogP contribution in [-0.4, -0.2) is 16.0 Å². The van der Waals surface area contributed by atoms with Gasteiger partial charge in [0.1, 0.15) is 5.75 Å². The molecule has 8 heteroatoms. The van der Waals surface area contributed by atoms with Crippen LogP contribution in [0, 0.1) is 10.1 Å². The van der Waals surface area contributed by atoms with Crippen LogP contribution in [0.1, 0.15) is 10.4 Å². The third kappa shape index (κ3) is 3.59. The van der Waals surface area contributed by atoms with Gasteiger partial charge in [-0.25, -0.2) is 4.79 Å². The molecule has 0 amide bonds. The Morgan fingerprint density at radius 2 is 1.67 bits per heavy atom. The van der Waals surface area contributed by atoms with Crippen LogP contribution in [0.25, 0.3) is 0 Å². The van der Waals surface area contributed by atoms with Crippen LogP contribution in [0.4, 0.5) is 5.69 Å². The van der Waals surface area contributed by atoms with Gasteiger partial charge in [-0.15, -0.1) is 0 Å². The summed E-state index contributed by atoms with van der Waals surface area (Å²) >= 11 is 6.47. The van der Waals surface area contributed by atoms with Crippen molar-refractivity contribution >= 4 is 43.5 Å². The van der Waals surface area contributed by atoms with Gasteiger partial charge in [0.15, 0.2) is 5.75 Å². The Balaban J connectivity index is 2.31. The fourth-order valence-corrected chi connectivity index (χ4v) is 2.88. The number of nitro benzene ring substituents is 1. The summed E-state index contributed by atoms with van der Waals surface area (Å²) in [5, 5.41) is 19.5. The molecule has 6 nitrogen and oxygen atoms in total. The number of hydrogen-bond acceptors (Lipinski definition) is 4. The number of nitro groups is 1. The van der Waals surface area contributed by atoms with E-state index in [2.05, 4.69) is 31.9 Å². The number of aromatic carboxylic acids is 1. The standard InChI is InChI=1S/C13H7Br2NO5/c14-10-5-7(13(17)18)6-11(15)12(10)21-9-3-1-8(2-4-9)16(19)20/h1-6H,(H,17,18). The third-order valence-corrected chi connectivity index (χ3v) is 3.69. The van der Waals surface area contributed by atoms with Gasteiger partial charge in [0, 0.05) is 12.1 Å². The van der Waals surface area contributed by atoms with E-state index in [-0.39, 0.29) is 11.3 Å². The number of ether oxygens (including phenoxy) is 1. The van der Waals surface area contributed by atoms with Crippen LogP contribution >= 0.6 is 31.9 Å². The summed E-state index contributed by atoms with van der Waals surface area (Å²) < 4.78 is 6.50. The smallest absolute Gasteiger partial charge is 0.335 e. The fraction of sp³-hybridized carbons (Fsp3) is 0. The van der Waals surface area contributed by atoms with Gasteiger partial charge in [0.2, 0.25) is 0 Å². The molecule has 0 saturated heterocycles. The van der Waals surface area contributed by atoms with Crippen LogP contribution in [0.15, 0.2) is 45.3 Å². The lowest BCUT2D eigenvalue weighted by molar-refractivity contribution is -0.384. The molecular formula is C13H7Br2NO5. The quantitative estimate of drug-likeness (QED) is 0.580. The number of rotatable bonds is 4. The zero-order valence-corrected chi connectivity index (χ0v) is 13.4. The van der Waals surface area contributed by atoms with Crippen LogP contribution in [-0.2, 0) is 0 Å². The summed E-state index contributed by atoms with van der Waals surface area (Å²) in [6, 6.07) is 8.39. The molecule has 1 N–H and O–H groups in total. The summed E-state index contributed by atoms with van der Waals surface area (Å²) in [5.74, 6) is -0.280. The largest absolute Gasteiger partial charge is 0.478 e. The maximum atomic E-state index is 10.9. The number of carboxylic acids is 1. The minimum absolute atomic E-state index is 0.0401. The number of non-ortho nitro benzene ring substituents is 1.